The van der Waals surface area contributed by atoms with Gasteiger partial charge >= 0.3 is 39.5 Å². The van der Waals surface area contributed by atoms with E-state index in [2.05, 4.69) is 55.4 Å². The second-order valence-electron chi connectivity index (χ2n) is 29.3. The zero-order valence-electron chi connectivity index (χ0n) is 62.3. The number of aliphatic hydroxyl groups is 1. The van der Waals surface area contributed by atoms with Crippen LogP contribution in [0.4, 0.5) is 0 Å². The molecule has 0 aromatic heterocycles. The lowest BCUT2D eigenvalue weighted by Crippen LogP contribution is -2.30. The predicted molar refractivity (Wildman–Crippen MR) is 386 cm³/mol. The minimum Gasteiger partial charge on any atom is -0.462 e. The van der Waals surface area contributed by atoms with Gasteiger partial charge < -0.3 is 33.8 Å². The van der Waals surface area contributed by atoms with Crippen molar-refractivity contribution in [2.24, 2.45) is 23.7 Å². The van der Waals surface area contributed by atoms with Crippen molar-refractivity contribution < 1.29 is 80.2 Å². The standard InChI is InChI=1S/C76H148O17P2/c1-66(2)52-44-36-28-21-15-11-9-10-12-18-25-33-42-50-58-75(80)92-71(62-86-73(78)56-48-40-32-24-17-14-13-16-22-29-37-45-53-67(3)4)64-90-94(82,83)88-60-70(77)61-89-95(84,85)91-65-72(63-87-74(79)57-49-41-35-27-31-39-47-55-69(7)8)93-76(81)59-51-43-34-26-20-19-23-30-38-46-54-68(5)6/h66-72,77H,9-65H2,1-8H3,(H,82,83)(H,84,85)/t70?,71-,72-/m1/s1. The molecule has 5 atom stereocenters. The van der Waals surface area contributed by atoms with E-state index in [1.807, 2.05) is 0 Å². The second-order valence-corrected chi connectivity index (χ2v) is 32.2. The van der Waals surface area contributed by atoms with Crippen LogP contribution in [0.1, 0.15) is 383 Å². The van der Waals surface area contributed by atoms with Gasteiger partial charge in [-0.25, -0.2) is 9.13 Å². The van der Waals surface area contributed by atoms with Crippen molar-refractivity contribution in [3.63, 3.8) is 0 Å². The van der Waals surface area contributed by atoms with Crippen LogP contribution < -0.4 is 0 Å². The summed E-state index contributed by atoms with van der Waals surface area (Å²) in [5.41, 5.74) is 0. The average molecular weight is 1400 g/mol. The molecule has 0 rings (SSSR count). The summed E-state index contributed by atoms with van der Waals surface area (Å²) in [6, 6.07) is 0. The summed E-state index contributed by atoms with van der Waals surface area (Å²) >= 11 is 0. The van der Waals surface area contributed by atoms with Gasteiger partial charge in [0.15, 0.2) is 12.2 Å². The molecule has 0 radical (unpaired) electrons. The van der Waals surface area contributed by atoms with Gasteiger partial charge in [0, 0.05) is 25.7 Å². The predicted octanol–water partition coefficient (Wildman–Crippen LogP) is 22.0. The van der Waals surface area contributed by atoms with Crippen molar-refractivity contribution in [1.82, 2.24) is 0 Å². The molecule has 95 heavy (non-hydrogen) atoms. The van der Waals surface area contributed by atoms with Gasteiger partial charge in [-0.2, -0.15) is 0 Å². The number of ether oxygens (including phenoxy) is 4. The third-order valence-corrected chi connectivity index (χ3v) is 19.5. The number of carbonyl (C=O) groups excluding carboxylic acids is 4. The molecule has 0 aliphatic rings. The van der Waals surface area contributed by atoms with Crippen molar-refractivity contribution >= 4 is 39.5 Å². The van der Waals surface area contributed by atoms with Gasteiger partial charge in [0.05, 0.1) is 26.4 Å². The highest BCUT2D eigenvalue weighted by Gasteiger charge is 2.30. The van der Waals surface area contributed by atoms with E-state index in [9.17, 15) is 43.2 Å². The minimum absolute atomic E-state index is 0.105. The number of aliphatic hydroxyl groups excluding tert-OH is 1. The number of phosphoric ester groups is 2. The molecule has 0 fully saturated rings. The Balaban J connectivity index is 5.26. The molecule has 3 unspecified atom stereocenters. The van der Waals surface area contributed by atoms with Gasteiger partial charge in [0.25, 0.3) is 0 Å². The Morgan fingerprint density at radius 1 is 0.263 bits per heavy atom. The Morgan fingerprint density at radius 2 is 0.442 bits per heavy atom. The molecule has 17 nitrogen and oxygen atoms in total. The molecule has 3 N–H and O–H groups in total. The molecule has 0 saturated carbocycles. The summed E-state index contributed by atoms with van der Waals surface area (Å²) in [4.78, 5) is 72.8. The Labute approximate surface area is 581 Å². The first-order valence-electron chi connectivity index (χ1n) is 39.2. The highest BCUT2D eigenvalue weighted by molar-refractivity contribution is 7.47. The summed E-state index contributed by atoms with van der Waals surface area (Å²) in [7, 11) is -9.91. The molecule has 0 aliphatic carbocycles. The number of hydrogen-bond acceptors (Lipinski definition) is 15. The van der Waals surface area contributed by atoms with E-state index >= 15 is 0 Å². The van der Waals surface area contributed by atoms with E-state index in [4.69, 9.17) is 37.0 Å². The normalized spacial score (nSPS) is 14.1. The second kappa shape index (κ2) is 65.4. The van der Waals surface area contributed by atoms with Crippen LogP contribution in [0.5, 0.6) is 0 Å². The maximum atomic E-state index is 13.1. The molecule has 0 saturated heterocycles. The Kier molecular flexibility index (Phi) is 64.0. The molecular weight excluding hydrogens is 1250 g/mol. The maximum Gasteiger partial charge on any atom is 0.472 e. The van der Waals surface area contributed by atoms with Crippen LogP contribution in [0.2, 0.25) is 0 Å². The van der Waals surface area contributed by atoms with E-state index in [1.54, 1.807) is 0 Å². The monoisotopic (exact) mass is 1400 g/mol. The van der Waals surface area contributed by atoms with Crippen molar-refractivity contribution in [3.05, 3.63) is 0 Å². The fraction of sp³-hybridized carbons (Fsp3) is 0.947. The van der Waals surface area contributed by atoms with Crippen molar-refractivity contribution in [1.29, 1.82) is 0 Å². The smallest absolute Gasteiger partial charge is 0.462 e. The van der Waals surface area contributed by atoms with Crippen LogP contribution in [0.15, 0.2) is 0 Å². The molecule has 0 amide bonds. The van der Waals surface area contributed by atoms with E-state index in [0.29, 0.717) is 31.6 Å². The summed E-state index contributed by atoms with van der Waals surface area (Å²) in [5.74, 6) is 0.913. The van der Waals surface area contributed by atoms with E-state index in [1.165, 1.54) is 180 Å². The fourth-order valence-corrected chi connectivity index (χ4v) is 13.1. The lowest BCUT2D eigenvalue weighted by molar-refractivity contribution is -0.161. The molecule has 0 spiro atoms. The highest BCUT2D eigenvalue weighted by atomic mass is 31.2. The van der Waals surface area contributed by atoms with Gasteiger partial charge in [0.2, 0.25) is 0 Å². The first-order chi connectivity index (χ1) is 45.6. The zero-order chi connectivity index (χ0) is 70.3. The first-order valence-corrected chi connectivity index (χ1v) is 42.2. The molecule has 0 aromatic carbocycles. The fourth-order valence-electron chi connectivity index (χ4n) is 11.6. The SMILES string of the molecule is CC(C)CCCCCCCCCCCCCCCCC(=O)O[C@H](COC(=O)CCCCCCCCCCCCCCC(C)C)COP(=O)(O)OCC(O)COP(=O)(O)OC[C@@H](COC(=O)CCCCCCCCCC(C)C)OC(=O)CCCCCCCCCCCCC(C)C. The number of unbranched alkanes of at least 4 members (excludes halogenated alkanes) is 39. The van der Waals surface area contributed by atoms with Crippen LogP contribution >= 0.6 is 15.6 Å². The van der Waals surface area contributed by atoms with Crippen LogP contribution in [-0.2, 0) is 65.4 Å². The molecular formula is C76H148O17P2. The summed E-state index contributed by atoms with van der Waals surface area (Å²) < 4.78 is 68.5. The summed E-state index contributed by atoms with van der Waals surface area (Å²) in [5, 5.41) is 10.6. The van der Waals surface area contributed by atoms with Gasteiger partial charge in [-0.15, -0.1) is 0 Å². The van der Waals surface area contributed by atoms with E-state index in [-0.39, 0.29) is 25.7 Å². The molecule has 0 heterocycles. The van der Waals surface area contributed by atoms with Crippen LogP contribution in [0.3, 0.4) is 0 Å². The summed E-state index contributed by atoms with van der Waals surface area (Å²) in [6.45, 7) is 14.2. The molecule has 0 bridgehead atoms. The Morgan fingerprint density at radius 3 is 0.653 bits per heavy atom. The summed E-state index contributed by atoms with van der Waals surface area (Å²) in [6.07, 6.45) is 50.0. The lowest BCUT2D eigenvalue weighted by atomic mass is 10.0. The third kappa shape index (κ3) is 70.3. The van der Waals surface area contributed by atoms with Crippen LogP contribution in [0.25, 0.3) is 0 Å². The largest absolute Gasteiger partial charge is 0.472 e. The third-order valence-electron chi connectivity index (χ3n) is 17.6. The lowest BCUT2D eigenvalue weighted by Gasteiger charge is -2.21. The molecule has 0 aromatic rings. The van der Waals surface area contributed by atoms with Crippen molar-refractivity contribution in [2.75, 3.05) is 39.6 Å². The van der Waals surface area contributed by atoms with Gasteiger partial charge in [-0.3, -0.25) is 37.3 Å². The highest BCUT2D eigenvalue weighted by Crippen LogP contribution is 2.45. The Hall–Kier alpha value is -1.94. The van der Waals surface area contributed by atoms with Crippen molar-refractivity contribution in [2.45, 2.75) is 401 Å². The van der Waals surface area contributed by atoms with Gasteiger partial charge in [-0.1, -0.05) is 331 Å². The minimum atomic E-state index is -4.96. The number of hydrogen-bond donors (Lipinski definition) is 3. The van der Waals surface area contributed by atoms with E-state index < -0.39 is 97.5 Å². The van der Waals surface area contributed by atoms with Gasteiger partial charge in [0.1, 0.15) is 19.3 Å². The van der Waals surface area contributed by atoms with Crippen molar-refractivity contribution in [3.8, 4) is 0 Å². The average Bonchev–Trinajstić information content (AvgIpc) is 3.02. The Bertz CT molecular complexity index is 1870. The van der Waals surface area contributed by atoms with Crippen LogP contribution in [0, 0.1) is 23.7 Å². The quantitative estimate of drug-likeness (QED) is 0.0222. The number of phosphoric acid groups is 2. The number of esters is 4. The first kappa shape index (κ1) is 93.1. The molecule has 564 valence electrons. The maximum absolute atomic E-state index is 13.1. The molecule has 0 aliphatic heterocycles. The number of rotatable bonds is 73. The topological polar surface area (TPSA) is 237 Å². The molecule has 19 heteroatoms. The van der Waals surface area contributed by atoms with E-state index in [0.717, 1.165) is 114 Å². The van der Waals surface area contributed by atoms with Crippen LogP contribution in [-0.4, -0.2) is 96.7 Å². The number of carbonyl (C=O) groups is 4. The van der Waals surface area contributed by atoms with Gasteiger partial charge in [-0.05, 0) is 49.4 Å². The zero-order valence-corrected chi connectivity index (χ0v) is 64.1.